The zero-order chi connectivity index (χ0) is 10.1. The SMILES string of the molecule is O=C(O)[C@H]1NCCC1OP(=O)(O)O. The molecule has 8 heteroatoms. The van der Waals surface area contributed by atoms with Gasteiger partial charge in [-0.3, -0.25) is 9.32 Å². The molecule has 1 heterocycles. The Morgan fingerprint density at radius 2 is 2.15 bits per heavy atom. The predicted molar refractivity (Wildman–Crippen MR) is 41.0 cm³/mol. The fourth-order valence-corrected chi connectivity index (χ4v) is 1.80. The van der Waals surface area contributed by atoms with Crippen LogP contribution in [0.1, 0.15) is 6.42 Å². The number of phosphoric acid groups is 1. The second-order valence-corrected chi connectivity index (χ2v) is 3.89. The van der Waals surface area contributed by atoms with E-state index in [1.54, 1.807) is 0 Å². The van der Waals surface area contributed by atoms with Crippen molar-refractivity contribution in [1.82, 2.24) is 5.32 Å². The molecule has 7 nitrogen and oxygen atoms in total. The molecule has 0 saturated carbocycles. The van der Waals surface area contributed by atoms with Gasteiger partial charge in [-0.25, -0.2) is 4.57 Å². The molecule has 4 N–H and O–H groups in total. The molecule has 13 heavy (non-hydrogen) atoms. The van der Waals surface area contributed by atoms with Crippen LogP contribution in [0.4, 0.5) is 0 Å². The van der Waals surface area contributed by atoms with E-state index in [0.717, 1.165) is 0 Å². The number of rotatable bonds is 3. The van der Waals surface area contributed by atoms with Crippen molar-refractivity contribution in [2.24, 2.45) is 0 Å². The van der Waals surface area contributed by atoms with Gasteiger partial charge in [0.2, 0.25) is 0 Å². The molecular weight excluding hydrogens is 201 g/mol. The summed E-state index contributed by atoms with van der Waals surface area (Å²) in [6.07, 6.45) is -0.680. The van der Waals surface area contributed by atoms with Gasteiger partial charge in [0.1, 0.15) is 6.04 Å². The van der Waals surface area contributed by atoms with E-state index >= 15 is 0 Å². The third-order valence-electron chi connectivity index (χ3n) is 1.70. The quantitative estimate of drug-likeness (QED) is 0.438. The van der Waals surface area contributed by atoms with E-state index in [9.17, 15) is 9.36 Å². The number of carboxylic acid groups (broad SMARTS) is 1. The summed E-state index contributed by atoms with van der Waals surface area (Å²) in [5.41, 5.74) is 0. The summed E-state index contributed by atoms with van der Waals surface area (Å²) in [5.74, 6) is -1.17. The van der Waals surface area contributed by atoms with E-state index in [1.165, 1.54) is 0 Å². The summed E-state index contributed by atoms with van der Waals surface area (Å²) < 4.78 is 14.7. The molecule has 1 rings (SSSR count). The van der Waals surface area contributed by atoms with Crippen LogP contribution in [-0.4, -0.2) is 39.6 Å². The van der Waals surface area contributed by atoms with E-state index < -0.39 is 25.9 Å². The highest BCUT2D eigenvalue weighted by Gasteiger charge is 2.37. The summed E-state index contributed by atoms with van der Waals surface area (Å²) in [5, 5.41) is 11.1. The Morgan fingerprint density at radius 1 is 1.54 bits per heavy atom. The molecular formula is C5H10NO6P. The van der Waals surface area contributed by atoms with Crippen molar-refractivity contribution in [3.8, 4) is 0 Å². The van der Waals surface area contributed by atoms with Gasteiger partial charge in [0.15, 0.2) is 0 Å². The molecule has 1 aliphatic rings. The van der Waals surface area contributed by atoms with Crippen molar-refractivity contribution in [3.05, 3.63) is 0 Å². The minimum absolute atomic E-state index is 0.280. The fraction of sp³-hybridized carbons (Fsp3) is 0.800. The molecule has 1 unspecified atom stereocenters. The maximum atomic E-state index is 10.5. The van der Waals surface area contributed by atoms with Crippen LogP contribution in [0.25, 0.3) is 0 Å². The molecule has 0 aromatic rings. The average molecular weight is 211 g/mol. The van der Waals surface area contributed by atoms with Crippen LogP contribution in [0.5, 0.6) is 0 Å². The summed E-state index contributed by atoms with van der Waals surface area (Å²) >= 11 is 0. The molecule has 0 aromatic heterocycles. The Kier molecular flexibility index (Phi) is 3.05. The third-order valence-corrected chi connectivity index (χ3v) is 2.25. The number of nitrogens with one attached hydrogen (secondary N) is 1. The highest BCUT2D eigenvalue weighted by Crippen LogP contribution is 2.39. The molecule has 0 spiro atoms. The largest absolute Gasteiger partial charge is 0.480 e. The molecule has 0 amide bonds. The average Bonchev–Trinajstić information content (AvgIpc) is 2.31. The maximum Gasteiger partial charge on any atom is 0.469 e. The van der Waals surface area contributed by atoms with Gasteiger partial charge < -0.3 is 20.2 Å². The van der Waals surface area contributed by atoms with Gasteiger partial charge in [-0.1, -0.05) is 0 Å². The van der Waals surface area contributed by atoms with E-state index in [1.807, 2.05) is 0 Å². The van der Waals surface area contributed by atoms with Crippen LogP contribution in [0.3, 0.4) is 0 Å². The highest BCUT2D eigenvalue weighted by molar-refractivity contribution is 7.46. The first-order valence-corrected chi connectivity index (χ1v) is 5.13. The molecule has 1 saturated heterocycles. The lowest BCUT2D eigenvalue weighted by atomic mass is 10.2. The van der Waals surface area contributed by atoms with Crippen LogP contribution in [0.15, 0.2) is 0 Å². The van der Waals surface area contributed by atoms with E-state index in [0.29, 0.717) is 6.54 Å². The van der Waals surface area contributed by atoms with Gasteiger partial charge in [-0.15, -0.1) is 0 Å². The smallest absolute Gasteiger partial charge is 0.469 e. The summed E-state index contributed by atoms with van der Waals surface area (Å²) in [4.78, 5) is 27.4. The van der Waals surface area contributed by atoms with E-state index in [4.69, 9.17) is 14.9 Å². The lowest BCUT2D eigenvalue weighted by molar-refractivity contribution is -0.141. The summed E-state index contributed by atoms with van der Waals surface area (Å²) in [7, 11) is -4.60. The van der Waals surface area contributed by atoms with Gasteiger partial charge in [-0.05, 0) is 13.0 Å². The van der Waals surface area contributed by atoms with Crippen molar-refractivity contribution in [2.75, 3.05) is 6.54 Å². The third kappa shape index (κ3) is 3.06. The molecule has 1 fully saturated rings. The lowest BCUT2D eigenvalue weighted by Gasteiger charge is -2.16. The Balaban J connectivity index is 2.59. The Morgan fingerprint density at radius 3 is 2.62 bits per heavy atom. The maximum absolute atomic E-state index is 10.5. The minimum Gasteiger partial charge on any atom is -0.480 e. The van der Waals surface area contributed by atoms with Crippen molar-refractivity contribution in [1.29, 1.82) is 0 Å². The second kappa shape index (κ2) is 3.73. The number of hydrogen-bond donors (Lipinski definition) is 4. The summed E-state index contributed by atoms with van der Waals surface area (Å²) in [6.45, 7) is 0.377. The second-order valence-electron chi connectivity index (χ2n) is 2.69. The topological polar surface area (TPSA) is 116 Å². The van der Waals surface area contributed by atoms with Gasteiger partial charge in [0, 0.05) is 0 Å². The zero-order valence-corrected chi connectivity index (χ0v) is 7.48. The first-order chi connectivity index (χ1) is 5.90. The normalized spacial score (nSPS) is 29.1. The molecule has 0 aromatic carbocycles. The van der Waals surface area contributed by atoms with E-state index in [-0.39, 0.29) is 6.42 Å². The van der Waals surface area contributed by atoms with Gasteiger partial charge in [0.05, 0.1) is 6.10 Å². The number of carboxylic acids is 1. The first kappa shape index (κ1) is 10.6. The number of phosphoric ester groups is 1. The minimum atomic E-state index is -4.60. The molecule has 76 valence electrons. The first-order valence-electron chi connectivity index (χ1n) is 3.60. The van der Waals surface area contributed by atoms with Crippen molar-refractivity contribution in [2.45, 2.75) is 18.6 Å². The molecule has 2 atom stereocenters. The molecule has 0 aliphatic carbocycles. The molecule has 0 radical (unpaired) electrons. The molecule has 1 aliphatic heterocycles. The Hall–Kier alpha value is -0.460. The fourth-order valence-electron chi connectivity index (χ4n) is 1.22. The Bertz CT molecular complexity index is 249. The van der Waals surface area contributed by atoms with Gasteiger partial charge >= 0.3 is 13.8 Å². The van der Waals surface area contributed by atoms with Crippen LogP contribution >= 0.6 is 7.82 Å². The zero-order valence-electron chi connectivity index (χ0n) is 6.58. The standard InChI is InChI=1S/C5H10NO6P/c7-5(8)4-3(1-2-6-4)12-13(9,10)11/h3-4,6H,1-2H2,(H,7,8)(H2,9,10,11)/t3?,4-/m0/s1. The van der Waals surface area contributed by atoms with E-state index in [2.05, 4.69) is 9.84 Å². The van der Waals surface area contributed by atoms with Crippen molar-refractivity contribution in [3.63, 3.8) is 0 Å². The lowest BCUT2D eigenvalue weighted by Crippen LogP contribution is -2.39. The van der Waals surface area contributed by atoms with Crippen molar-refractivity contribution < 1.29 is 28.8 Å². The number of aliphatic carboxylic acids is 1. The van der Waals surface area contributed by atoms with Crippen LogP contribution in [-0.2, 0) is 13.9 Å². The van der Waals surface area contributed by atoms with Crippen LogP contribution < -0.4 is 5.32 Å². The monoisotopic (exact) mass is 211 g/mol. The van der Waals surface area contributed by atoms with Crippen molar-refractivity contribution >= 4 is 13.8 Å². The highest BCUT2D eigenvalue weighted by atomic mass is 31.2. The van der Waals surface area contributed by atoms with Crippen LogP contribution in [0, 0.1) is 0 Å². The van der Waals surface area contributed by atoms with Crippen LogP contribution in [0.2, 0.25) is 0 Å². The molecule has 0 bridgehead atoms. The van der Waals surface area contributed by atoms with Gasteiger partial charge in [-0.2, -0.15) is 0 Å². The Labute approximate surface area is 74.0 Å². The number of carbonyl (C=O) groups is 1. The van der Waals surface area contributed by atoms with Gasteiger partial charge in [0.25, 0.3) is 0 Å². The summed E-state index contributed by atoms with van der Waals surface area (Å²) in [6, 6.07) is -1.03. The number of hydrogen-bond acceptors (Lipinski definition) is 4. The predicted octanol–water partition coefficient (Wildman–Crippen LogP) is -1.09.